The topological polar surface area (TPSA) is 39.7 Å². The van der Waals surface area contributed by atoms with Crippen LogP contribution in [0.4, 0.5) is 11.5 Å². The Bertz CT molecular complexity index is 784. The average Bonchev–Trinajstić information content (AvgIpc) is 2.72. The second kappa shape index (κ2) is 7.99. The van der Waals surface area contributed by atoms with Gasteiger partial charge in [0.2, 0.25) is 5.91 Å². The summed E-state index contributed by atoms with van der Waals surface area (Å²) in [6, 6.07) is 12.7. The van der Waals surface area contributed by atoms with Crippen molar-refractivity contribution in [2.75, 3.05) is 49.1 Å². The first-order valence-corrected chi connectivity index (χ1v) is 9.99. The molecule has 3 heterocycles. The van der Waals surface area contributed by atoms with E-state index in [1.165, 1.54) is 23.2 Å². The highest BCUT2D eigenvalue weighted by molar-refractivity contribution is 5.77. The molecule has 5 nitrogen and oxygen atoms in total. The lowest BCUT2D eigenvalue weighted by Gasteiger charge is -2.36. The first-order valence-electron chi connectivity index (χ1n) is 9.99. The van der Waals surface area contributed by atoms with Gasteiger partial charge in [-0.05, 0) is 43.5 Å². The molecule has 4 rings (SSSR count). The monoisotopic (exact) mass is 364 g/mol. The molecule has 0 aliphatic carbocycles. The molecule has 0 saturated carbocycles. The molecule has 1 saturated heterocycles. The molecule has 1 fully saturated rings. The fraction of sp³-hybridized carbons (Fsp3) is 0.455. The van der Waals surface area contributed by atoms with Gasteiger partial charge in [-0.15, -0.1) is 0 Å². The summed E-state index contributed by atoms with van der Waals surface area (Å²) in [6.45, 7) is 7.29. The predicted octanol–water partition coefficient (Wildman–Crippen LogP) is 2.88. The highest BCUT2D eigenvalue weighted by Crippen LogP contribution is 2.28. The van der Waals surface area contributed by atoms with Crippen molar-refractivity contribution in [2.24, 2.45) is 0 Å². The van der Waals surface area contributed by atoms with Crippen molar-refractivity contribution in [3.63, 3.8) is 0 Å². The van der Waals surface area contributed by atoms with Crippen molar-refractivity contribution < 1.29 is 4.79 Å². The van der Waals surface area contributed by atoms with Crippen LogP contribution in [0.5, 0.6) is 0 Å². The van der Waals surface area contributed by atoms with E-state index in [1.54, 1.807) is 0 Å². The number of aryl methyl sites for hydroxylation is 2. The zero-order chi connectivity index (χ0) is 18.6. The van der Waals surface area contributed by atoms with E-state index in [9.17, 15) is 4.79 Å². The number of piperazine rings is 1. The summed E-state index contributed by atoms with van der Waals surface area (Å²) in [4.78, 5) is 23.8. The van der Waals surface area contributed by atoms with Crippen LogP contribution in [0.2, 0.25) is 0 Å². The van der Waals surface area contributed by atoms with E-state index < -0.39 is 0 Å². The molecule has 2 aliphatic heterocycles. The lowest BCUT2D eigenvalue weighted by molar-refractivity contribution is -0.131. The highest BCUT2D eigenvalue weighted by Gasteiger charge is 2.23. The third-order valence-electron chi connectivity index (χ3n) is 5.65. The summed E-state index contributed by atoms with van der Waals surface area (Å²) in [5, 5.41) is 0. The number of carbonyl (C=O) groups is 1. The number of hydrogen-bond acceptors (Lipinski definition) is 4. The van der Waals surface area contributed by atoms with E-state index in [-0.39, 0.29) is 5.91 Å². The van der Waals surface area contributed by atoms with Crippen LogP contribution < -0.4 is 9.80 Å². The fourth-order valence-electron chi connectivity index (χ4n) is 4.15. The molecule has 0 atom stereocenters. The van der Waals surface area contributed by atoms with Crippen LogP contribution in [0.25, 0.3) is 0 Å². The average molecular weight is 364 g/mol. The molecule has 0 spiro atoms. The second-order valence-electron chi connectivity index (χ2n) is 7.53. The molecule has 1 aromatic carbocycles. The van der Waals surface area contributed by atoms with Crippen LogP contribution in [-0.2, 0) is 11.2 Å². The molecule has 142 valence electrons. The first-order chi connectivity index (χ1) is 13.2. The SMILES string of the molecule is Cc1ccc2c(c1)CCCN2CCC(=O)N1CCN(c2ccccn2)CC1. The van der Waals surface area contributed by atoms with Crippen molar-refractivity contribution in [3.8, 4) is 0 Å². The summed E-state index contributed by atoms with van der Waals surface area (Å²) in [6.07, 6.45) is 4.74. The molecule has 0 bridgehead atoms. The van der Waals surface area contributed by atoms with Crippen molar-refractivity contribution in [1.82, 2.24) is 9.88 Å². The number of fused-ring (bicyclic) bond motifs is 1. The standard InChI is InChI=1S/C22H28N4O/c1-18-7-8-20-19(17-18)5-4-11-24(20)12-9-22(27)26-15-13-25(14-16-26)21-6-2-3-10-23-21/h2-3,6-8,10,17H,4-5,9,11-16H2,1H3. The van der Waals surface area contributed by atoms with Gasteiger partial charge >= 0.3 is 0 Å². The second-order valence-corrected chi connectivity index (χ2v) is 7.53. The number of rotatable bonds is 4. The maximum Gasteiger partial charge on any atom is 0.224 e. The third-order valence-corrected chi connectivity index (χ3v) is 5.65. The Kier molecular flexibility index (Phi) is 5.28. The Labute approximate surface area is 161 Å². The number of pyridine rings is 1. The lowest BCUT2D eigenvalue weighted by Crippen LogP contribution is -2.49. The van der Waals surface area contributed by atoms with Crippen LogP contribution in [-0.4, -0.2) is 55.1 Å². The number of benzene rings is 1. The Morgan fingerprint density at radius 1 is 1.07 bits per heavy atom. The maximum absolute atomic E-state index is 12.7. The third kappa shape index (κ3) is 4.07. The Hall–Kier alpha value is -2.56. The quantitative estimate of drug-likeness (QED) is 0.836. The largest absolute Gasteiger partial charge is 0.371 e. The number of anilines is 2. The normalized spacial score (nSPS) is 17.0. The van der Waals surface area contributed by atoms with Crippen molar-refractivity contribution in [3.05, 3.63) is 53.7 Å². The van der Waals surface area contributed by atoms with E-state index in [0.717, 1.165) is 51.5 Å². The van der Waals surface area contributed by atoms with Gasteiger partial charge in [-0.25, -0.2) is 4.98 Å². The van der Waals surface area contributed by atoms with E-state index >= 15 is 0 Å². The van der Waals surface area contributed by atoms with Crippen molar-refractivity contribution in [2.45, 2.75) is 26.2 Å². The summed E-state index contributed by atoms with van der Waals surface area (Å²) >= 11 is 0. The summed E-state index contributed by atoms with van der Waals surface area (Å²) in [5.74, 6) is 1.28. The molecule has 27 heavy (non-hydrogen) atoms. The molecule has 2 aliphatic rings. The zero-order valence-electron chi connectivity index (χ0n) is 16.1. The van der Waals surface area contributed by atoms with Crippen LogP contribution in [0, 0.1) is 6.92 Å². The minimum Gasteiger partial charge on any atom is -0.371 e. The van der Waals surface area contributed by atoms with Gasteiger partial charge < -0.3 is 14.7 Å². The van der Waals surface area contributed by atoms with Crippen molar-refractivity contribution >= 4 is 17.4 Å². The van der Waals surface area contributed by atoms with Crippen molar-refractivity contribution in [1.29, 1.82) is 0 Å². The molecule has 0 N–H and O–H groups in total. The molecule has 0 unspecified atom stereocenters. The Morgan fingerprint density at radius 3 is 2.70 bits per heavy atom. The van der Waals surface area contributed by atoms with Gasteiger partial charge in [0.25, 0.3) is 0 Å². The molecular formula is C22H28N4O. The number of hydrogen-bond donors (Lipinski definition) is 0. The molecule has 5 heteroatoms. The molecule has 0 radical (unpaired) electrons. The van der Waals surface area contributed by atoms with E-state index in [4.69, 9.17) is 0 Å². The predicted molar refractivity (Wildman–Crippen MR) is 109 cm³/mol. The summed E-state index contributed by atoms with van der Waals surface area (Å²) in [7, 11) is 0. The number of carbonyl (C=O) groups excluding carboxylic acids is 1. The Morgan fingerprint density at radius 2 is 1.93 bits per heavy atom. The van der Waals surface area contributed by atoms with Crippen LogP contribution >= 0.6 is 0 Å². The number of aromatic nitrogens is 1. The van der Waals surface area contributed by atoms with E-state index in [1.807, 2.05) is 29.3 Å². The smallest absolute Gasteiger partial charge is 0.224 e. The highest BCUT2D eigenvalue weighted by atomic mass is 16.2. The summed E-state index contributed by atoms with van der Waals surface area (Å²) < 4.78 is 0. The van der Waals surface area contributed by atoms with Gasteiger partial charge in [-0.1, -0.05) is 23.8 Å². The molecule has 1 amide bonds. The number of amides is 1. The zero-order valence-corrected chi connectivity index (χ0v) is 16.1. The number of nitrogens with zero attached hydrogens (tertiary/aromatic N) is 4. The molecule has 2 aromatic rings. The molecule has 1 aromatic heterocycles. The fourth-order valence-corrected chi connectivity index (χ4v) is 4.15. The van der Waals surface area contributed by atoms with Gasteiger partial charge in [-0.3, -0.25) is 4.79 Å². The summed E-state index contributed by atoms with van der Waals surface area (Å²) in [5.41, 5.74) is 4.06. The lowest BCUT2D eigenvalue weighted by atomic mass is 9.99. The van der Waals surface area contributed by atoms with Crippen LogP contribution in [0.15, 0.2) is 42.6 Å². The maximum atomic E-state index is 12.7. The minimum absolute atomic E-state index is 0.273. The van der Waals surface area contributed by atoms with Gasteiger partial charge in [0.15, 0.2) is 0 Å². The first kappa shape index (κ1) is 17.8. The Balaban J connectivity index is 1.30. The van der Waals surface area contributed by atoms with E-state index in [0.29, 0.717) is 6.42 Å². The van der Waals surface area contributed by atoms with Gasteiger partial charge in [-0.2, -0.15) is 0 Å². The van der Waals surface area contributed by atoms with Gasteiger partial charge in [0.1, 0.15) is 5.82 Å². The van der Waals surface area contributed by atoms with Crippen LogP contribution in [0.1, 0.15) is 24.0 Å². The van der Waals surface area contributed by atoms with Gasteiger partial charge in [0, 0.05) is 57.6 Å². The molecular weight excluding hydrogens is 336 g/mol. The van der Waals surface area contributed by atoms with Crippen LogP contribution in [0.3, 0.4) is 0 Å². The van der Waals surface area contributed by atoms with E-state index in [2.05, 4.69) is 39.9 Å². The minimum atomic E-state index is 0.273. The van der Waals surface area contributed by atoms with Gasteiger partial charge in [0.05, 0.1) is 0 Å².